The molecule has 0 bridgehead atoms. The largest absolute Gasteiger partial charge is 0.465 e. The maximum Gasteiger partial charge on any atom is 0.337 e. The van der Waals surface area contributed by atoms with Crippen molar-refractivity contribution in [1.29, 1.82) is 0 Å². The molecule has 0 aliphatic carbocycles. The van der Waals surface area contributed by atoms with Crippen molar-refractivity contribution in [2.75, 3.05) is 12.4 Å². The molecule has 2 aromatic carbocycles. The van der Waals surface area contributed by atoms with Crippen LogP contribution in [0.1, 0.15) is 35.3 Å². The smallest absolute Gasteiger partial charge is 0.337 e. The highest BCUT2D eigenvalue weighted by atomic mass is 35.5. The van der Waals surface area contributed by atoms with Gasteiger partial charge in [-0.15, -0.1) is 0 Å². The molecule has 142 valence electrons. The summed E-state index contributed by atoms with van der Waals surface area (Å²) >= 11 is 5.86. The first-order valence-corrected chi connectivity index (χ1v) is 8.38. The Kier molecular flexibility index (Phi) is 6.90. The van der Waals surface area contributed by atoms with E-state index in [9.17, 15) is 18.8 Å². The normalized spacial score (nSPS) is 11.4. The predicted octanol–water partition coefficient (Wildman–Crippen LogP) is 3.47. The Hall–Kier alpha value is -2.93. The fraction of sp³-hybridized carbons (Fsp3) is 0.211. The Bertz CT molecular complexity index is 855. The standard InChI is InChI=1S/C19H18ClFN2O4/c1-11(24)22-16(12-3-6-14(20)7-4-12)10-18(25)23-17-9-13(19(26)27-2)5-8-15(17)21/h3-9,16H,10H2,1-2H3,(H,22,24)(H,23,25). The first kappa shape index (κ1) is 20.4. The molecule has 0 aromatic heterocycles. The molecule has 0 radical (unpaired) electrons. The minimum atomic E-state index is -0.696. The lowest BCUT2D eigenvalue weighted by Gasteiger charge is -2.18. The van der Waals surface area contributed by atoms with Gasteiger partial charge in [0.1, 0.15) is 5.82 Å². The van der Waals surface area contributed by atoms with Crippen LogP contribution in [0.15, 0.2) is 42.5 Å². The zero-order chi connectivity index (χ0) is 20.0. The Morgan fingerprint density at radius 2 is 1.81 bits per heavy atom. The number of rotatable bonds is 6. The summed E-state index contributed by atoms with van der Waals surface area (Å²) in [5.74, 6) is -2.20. The molecule has 0 spiro atoms. The molecule has 1 unspecified atom stereocenters. The third-order valence-electron chi connectivity index (χ3n) is 3.70. The molecule has 6 nitrogen and oxygen atoms in total. The van der Waals surface area contributed by atoms with Crippen molar-refractivity contribution in [2.24, 2.45) is 0 Å². The number of anilines is 1. The molecule has 27 heavy (non-hydrogen) atoms. The van der Waals surface area contributed by atoms with Gasteiger partial charge in [-0.3, -0.25) is 9.59 Å². The number of benzene rings is 2. The van der Waals surface area contributed by atoms with Crippen LogP contribution in [0.2, 0.25) is 5.02 Å². The van der Waals surface area contributed by atoms with Gasteiger partial charge in [0.25, 0.3) is 0 Å². The summed E-state index contributed by atoms with van der Waals surface area (Å²) in [6.45, 7) is 1.33. The molecule has 0 aliphatic rings. The molecule has 0 saturated heterocycles. The SMILES string of the molecule is COC(=O)c1ccc(F)c(NC(=O)CC(NC(C)=O)c2ccc(Cl)cc2)c1. The number of carbonyl (C=O) groups is 3. The minimum absolute atomic E-state index is 0.102. The summed E-state index contributed by atoms with van der Waals surface area (Å²) < 4.78 is 18.5. The molecule has 0 aliphatic heterocycles. The van der Waals surface area contributed by atoms with Crippen molar-refractivity contribution >= 4 is 35.1 Å². The predicted molar refractivity (Wildman–Crippen MR) is 99.0 cm³/mol. The molecule has 2 amide bonds. The summed E-state index contributed by atoms with van der Waals surface area (Å²) in [6.07, 6.45) is -0.136. The van der Waals surface area contributed by atoms with Gasteiger partial charge in [0.2, 0.25) is 11.8 Å². The minimum Gasteiger partial charge on any atom is -0.465 e. The second-order valence-corrected chi connectivity index (χ2v) is 6.18. The highest BCUT2D eigenvalue weighted by Gasteiger charge is 2.19. The maximum atomic E-state index is 14.0. The van der Waals surface area contributed by atoms with Crippen LogP contribution in [0.25, 0.3) is 0 Å². The Morgan fingerprint density at radius 3 is 2.41 bits per heavy atom. The van der Waals surface area contributed by atoms with Gasteiger partial charge >= 0.3 is 5.97 Å². The van der Waals surface area contributed by atoms with Crippen molar-refractivity contribution < 1.29 is 23.5 Å². The molecule has 2 rings (SSSR count). The van der Waals surface area contributed by atoms with Crippen molar-refractivity contribution in [3.63, 3.8) is 0 Å². The fourth-order valence-electron chi connectivity index (χ4n) is 2.45. The van der Waals surface area contributed by atoms with Crippen LogP contribution < -0.4 is 10.6 Å². The molecule has 2 aromatic rings. The summed E-state index contributed by atoms with van der Waals surface area (Å²) in [7, 11) is 1.20. The van der Waals surface area contributed by atoms with Crippen molar-refractivity contribution in [2.45, 2.75) is 19.4 Å². The van der Waals surface area contributed by atoms with Crippen LogP contribution in [0, 0.1) is 5.82 Å². The Balaban J connectivity index is 2.17. The Labute approximate surface area is 160 Å². The van der Waals surface area contributed by atoms with E-state index in [4.69, 9.17) is 11.6 Å². The summed E-state index contributed by atoms with van der Waals surface area (Å²) in [5, 5.41) is 5.61. The van der Waals surface area contributed by atoms with Crippen LogP contribution in [0.4, 0.5) is 10.1 Å². The van der Waals surface area contributed by atoms with E-state index in [1.165, 1.54) is 26.2 Å². The number of carbonyl (C=O) groups excluding carboxylic acids is 3. The van der Waals surface area contributed by atoms with Gasteiger partial charge in [-0.1, -0.05) is 23.7 Å². The highest BCUT2D eigenvalue weighted by molar-refractivity contribution is 6.30. The van der Waals surface area contributed by atoms with Gasteiger partial charge < -0.3 is 15.4 Å². The number of amides is 2. The number of nitrogens with one attached hydrogen (secondary N) is 2. The molecule has 0 fully saturated rings. The summed E-state index contributed by atoms with van der Waals surface area (Å²) in [6, 6.07) is 9.55. The summed E-state index contributed by atoms with van der Waals surface area (Å²) in [5.41, 5.74) is 0.624. The maximum absolute atomic E-state index is 14.0. The van der Waals surface area contributed by atoms with E-state index in [-0.39, 0.29) is 23.6 Å². The van der Waals surface area contributed by atoms with Gasteiger partial charge in [0.15, 0.2) is 0 Å². The number of halogens is 2. The number of methoxy groups -OCH3 is 1. The van der Waals surface area contributed by atoms with Crippen LogP contribution in [-0.4, -0.2) is 24.9 Å². The van der Waals surface area contributed by atoms with Crippen LogP contribution in [0.5, 0.6) is 0 Å². The molecule has 2 N–H and O–H groups in total. The third-order valence-corrected chi connectivity index (χ3v) is 3.95. The lowest BCUT2D eigenvalue weighted by molar-refractivity contribution is -0.120. The first-order chi connectivity index (χ1) is 12.8. The molecular weight excluding hydrogens is 375 g/mol. The van der Waals surface area contributed by atoms with Gasteiger partial charge in [-0.2, -0.15) is 0 Å². The monoisotopic (exact) mass is 392 g/mol. The van der Waals surface area contributed by atoms with E-state index in [0.29, 0.717) is 10.6 Å². The zero-order valence-electron chi connectivity index (χ0n) is 14.7. The van der Waals surface area contributed by atoms with E-state index >= 15 is 0 Å². The molecule has 8 heteroatoms. The second-order valence-electron chi connectivity index (χ2n) is 5.74. The molecule has 1 atom stereocenters. The average Bonchev–Trinajstić information content (AvgIpc) is 2.62. The summed E-state index contributed by atoms with van der Waals surface area (Å²) in [4.78, 5) is 35.4. The van der Waals surface area contributed by atoms with Crippen molar-refractivity contribution in [1.82, 2.24) is 5.32 Å². The molecule has 0 heterocycles. The zero-order valence-corrected chi connectivity index (χ0v) is 15.5. The van der Waals surface area contributed by atoms with Crippen molar-refractivity contribution in [3.05, 3.63) is 64.4 Å². The number of hydrogen-bond donors (Lipinski definition) is 2. The highest BCUT2D eigenvalue weighted by Crippen LogP contribution is 2.22. The molecular formula is C19H18ClFN2O4. The van der Waals surface area contributed by atoms with Crippen LogP contribution in [0.3, 0.4) is 0 Å². The topological polar surface area (TPSA) is 84.5 Å². The van der Waals surface area contributed by atoms with E-state index < -0.39 is 23.7 Å². The van der Waals surface area contributed by atoms with Gasteiger partial charge in [0.05, 0.1) is 30.8 Å². The third kappa shape index (κ3) is 5.79. The van der Waals surface area contributed by atoms with Gasteiger partial charge in [-0.05, 0) is 35.9 Å². The lowest BCUT2D eigenvalue weighted by Crippen LogP contribution is -2.30. The second kappa shape index (κ2) is 9.14. The van der Waals surface area contributed by atoms with E-state index in [1.807, 2.05) is 0 Å². The van der Waals surface area contributed by atoms with Crippen LogP contribution >= 0.6 is 11.6 Å². The fourth-order valence-corrected chi connectivity index (χ4v) is 2.57. The van der Waals surface area contributed by atoms with E-state index in [1.54, 1.807) is 24.3 Å². The quantitative estimate of drug-likeness (QED) is 0.737. The first-order valence-electron chi connectivity index (χ1n) is 8.00. The van der Waals surface area contributed by atoms with Gasteiger partial charge in [-0.25, -0.2) is 9.18 Å². The van der Waals surface area contributed by atoms with Crippen LogP contribution in [-0.2, 0) is 14.3 Å². The lowest BCUT2D eigenvalue weighted by atomic mass is 10.0. The van der Waals surface area contributed by atoms with E-state index in [0.717, 1.165) is 6.07 Å². The number of esters is 1. The molecule has 0 saturated carbocycles. The van der Waals surface area contributed by atoms with E-state index in [2.05, 4.69) is 15.4 Å². The van der Waals surface area contributed by atoms with Gasteiger partial charge in [0, 0.05) is 11.9 Å². The number of ether oxygens (including phenoxy) is 1. The average molecular weight is 393 g/mol. The number of hydrogen-bond acceptors (Lipinski definition) is 4. The van der Waals surface area contributed by atoms with Crippen molar-refractivity contribution in [3.8, 4) is 0 Å². The Morgan fingerprint density at radius 1 is 1.15 bits per heavy atom.